The maximum atomic E-state index is 11.8. The third kappa shape index (κ3) is 4.98. The number of hydrogen-bond acceptors (Lipinski definition) is 6. The van der Waals surface area contributed by atoms with E-state index in [0.29, 0.717) is 12.3 Å². The molecule has 1 amide bonds. The Morgan fingerprint density at radius 3 is 2.68 bits per heavy atom. The van der Waals surface area contributed by atoms with Crippen molar-refractivity contribution in [2.24, 2.45) is 4.99 Å². The van der Waals surface area contributed by atoms with Gasteiger partial charge in [0.15, 0.2) is 5.37 Å². The van der Waals surface area contributed by atoms with E-state index >= 15 is 0 Å². The Hall–Kier alpha value is -1.44. The van der Waals surface area contributed by atoms with Gasteiger partial charge in [0.1, 0.15) is 12.6 Å². The number of amides is 1. The Balaban J connectivity index is 2.55. The molecule has 1 rings (SSSR count). The molecule has 1 fully saturated rings. The minimum absolute atomic E-state index is 0.351. The summed E-state index contributed by atoms with van der Waals surface area (Å²) in [4.78, 5) is 27.4. The lowest BCUT2D eigenvalue weighted by molar-refractivity contribution is -0.260. The zero-order valence-electron chi connectivity index (χ0n) is 11.1. The van der Waals surface area contributed by atoms with Crippen LogP contribution in [0.25, 0.3) is 0 Å². The number of carboxylic acid groups (broad SMARTS) is 1. The second-order valence-corrected chi connectivity index (χ2v) is 6.13. The van der Waals surface area contributed by atoms with E-state index in [4.69, 9.17) is 9.84 Å². The number of nitrogens with zero attached hydrogens (tertiary/aromatic N) is 2. The van der Waals surface area contributed by atoms with Gasteiger partial charge in [-0.15, -0.1) is 11.8 Å². The van der Waals surface area contributed by atoms with Crippen molar-refractivity contribution in [1.29, 1.82) is 0 Å². The van der Waals surface area contributed by atoms with Gasteiger partial charge in [0, 0.05) is 17.9 Å². The van der Waals surface area contributed by atoms with Crippen LogP contribution >= 0.6 is 11.8 Å². The Kier molecular flexibility index (Phi) is 5.04. The number of ether oxygens (including phenoxy) is 1. The average Bonchev–Trinajstić information content (AvgIpc) is 2.72. The van der Waals surface area contributed by atoms with Gasteiger partial charge >= 0.3 is 5.97 Å². The number of hydrogen-bond donors (Lipinski definition) is 1. The predicted octanol–water partition coefficient (Wildman–Crippen LogP) is -0.496. The lowest BCUT2D eigenvalue weighted by atomic mass is 10.2. The number of aliphatic carboxylic acids is 1. The Morgan fingerprint density at radius 1 is 1.53 bits per heavy atom. The van der Waals surface area contributed by atoms with Crippen LogP contribution in [0.1, 0.15) is 20.8 Å². The largest absolute Gasteiger partial charge is 0.595 e. The first-order valence-electron chi connectivity index (χ1n) is 5.75. The third-order valence-electron chi connectivity index (χ3n) is 2.16. The standard InChI is InChI=1S/C11H18N2O5S/c1-11(2,3)18-10(17)12-6-7(14)13-4-5-19-8(13)9(15)16/h8H,4-6H2,1-3H3,(H,12,17)(H,15,16)/p-1. The first-order valence-corrected chi connectivity index (χ1v) is 6.80. The highest BCUT2D eigenvalue weighted by Gasteiger charge is 2.34. The van der Waals surface area contributed by atoms with E-state index < -0.39 is 28.9 Å². The van der Waals surface area contributed by atoms with Crippen molar-refractivity contribution >= 4 is 29.7 Å². The molecule has 1 atom stereocenters. The maximum Gasteiger partial charge on any atom is 0.337 e. The average molecular weight is 289 g/mol. The summed E-state index contributed by atoms with van der Waals surface area (Å²) in [6.07, 6.45) is -0.820. The molecule has 1 aliphatic heterocycles. The van der Waals surface area contributed by atoms with E-state index in [1.807, 2.05) is 0 Å². The molecule has 0 aromatic heterocycles. The van der Waals surface area contributed by atoms with Crippen molar-refractivity contribution in [3.05, 3.63) is 0 Å². The monoisotopic (exact) mass is 289 g/mol. The molecule has 8 heteroatoms. The summed E-state index contributed by atoms with van der Waals surface area (Å²) in [7, 11) is 0. The van der Waals surface area contributed by atoms with Gasteiger partial charge in [-0.05, 0) is 0 Å². The number of carboxylic acids is 1. The first kappa shape index (κ1) is 15.6. The molecule has 0 radical (unpaired) electrons. The molecule has 0 aliphatic carbocycles. The van der Waals surface area contributed by atoms with Crippen LogP contribution in [0.3, 0.4) is 0 Å². The minimum atomic E-state index is -1.06. The Morgan fingerprint density at radius 2 is 2.16 bits per heavy atom. The summed E-state index contributed by atoms with van der Waals surface area (Å²) in [5.41, 5.74) is -0.670. The van der Waals surface area contributed by atoms with Gasteiger partial charge in [-0.2, -0.15) is 0 Å². The fraction of sp³-hybridized carbons (Fsp3) is 0.727. The summed E-state index contributed by atoms with van der Waals surface area (Å²) in [5.74, 6) is -0.980. The van der Waals surface area contributed by atoms with Gasteiger partial charge in [-0.25, -0.2) is 4.79 Å². The molecule has 0 saturated carbocycles. The molecule has 108 valence electrons. The second kappa shape index (κ2) is 6.14. The topological polar surface area (TPSA) is 102 Å². The summed E-state index contributed by atoms with van der Waals surface area (Å²) in [5, 5.41) is 19.4. The number of carbonyl (C=O) groups is 2. The Bertz CT molecular complexity index is 391. The normalized spacial score (nSPS) is 20.5. The summed E-state index contributed by atoms with van der Waals surface area (Å²) in [6, 6.07) is 0. The molecular formula is C11H17N2O5S-. The quantitative estimate of drug-likeness (QED) is 0.555. The van der Waals surface area contributed by atoms with Crippen molar-refractivity contribution in [3.8, 4) is 0 Å². The molecule has 0 bridgehead atoms. The van der Waals surface area contributed by atoms with Crippen LogP contribution in [0.4, 0.5) is 0 Å². The lowest BCUT2D eigenvalue weighted by Crippen LogP contribution is -2.41. The highest BCUT2D eigenvalue weighted by Crippen LogP contribution is 2.23. The van der Waals surface area contributed by atoms with E-state index in [1.54, 1.807) is 20.8 Å². The second-order valence-electron chi connectivity index (χ2n) is 4.95. The number of aliphatic imine (C=N–C) groups is 1. The molecule has 1 saturated heterocycles. The van der Waals surface area contributed by atoms with Gasteiger partial charge in [0.2, 0.25) is 5.91 Å². The number of carbonyl (C=O) groups excluding carboxylic acids is 1. The van der Waals surface area contributed by atoms with E-state index in [9.17, 15) is 14.7 Å². The van der Waals surface area contributed by atoms with Crippen LogP contribution in [-0.2, 0) is 14.3 Å². The predicted molar refractivity (Wildman–Crippen MR) is 68.7 cm³/mol. The lowest BCUT2D eigenvalue weighted by Gasteiger charge is -2.29. The van der Waals surface area contributed by atoms with Crippen molar-refractivity contribution in [3.63, 3.8) is 0 Å². The zero-order valence-corrected chi connectivity index (χ0v) is 11.9. The van der Waals surface area contributed by atoms with Crippen LogP contribution in [-0.4, -0.2) is 57.8 Å². The van der Waals surface area contributed by atoms with Crippen LogP contribution in [0, 0.1) is 0 Å². The molecule has 19 heavy (non-hydrogen) atoms. The van der Waals surface area contributed by atoms with E-state index in [0.717, 1.165) is 0 Å². The molecule has 1 aliphatic rings. The molecule has 7 nitrogen and oxygen atoms in total. The van der Waals surface area contributed by atoms with Crippen LogP contribution in [0.5, 0.6) is 0 Å². The first-order chi connectivity index (χ1) is 8.70. The maximum absolute atomic E-state index is 11.8. The molecule has 1 unspecified atom stereocenters. The molecule has 0 aromatic rings. The minimum Gasteiger partial charge on any atom is -0.595 e. The van der Waals surface area contributed by atoms with Gasteiger partial charge in [-0.3, -0.25) is 9.79 Å². The molecule has 1 heterocycles. The SMILES string of the molecule is CC(C)(C)OC([O-])=NCC(=O)N1CCSC1C(=O)O. The third-order valence-corrected chi connectivity index (χ3v) is 3.35. The van der Waals surface area contributed by atoms with E-state index in [-0.39, 0.29) is 6.54 Å². The highest BCUT2D eigenvalue weighted by molar-refractivity contribution is 8.00. The van der Waals surface area contributed by atoms with Gasteiger partial charge in [0.25, 0.3) is 0 Å². The number of rotatable bonds is 3. The fourth-order valence-electron chi connectivity index (χ4n) is 1.45. The van der Waals surface area contributed by atoms with Gasteiger partial charge in [-0.1, -0.05) is 20.8 Å². The zero-order chi connectivity index (χ0) is 14.6. The van der Waals surface area contributed by atoms with Gasteiger partial charge in [0.05, 0.1) is 0 Å². The van der Waals surface area contributed by atoms with E-state index in [2.05, 4.69) is 4.99 Å². The molecular weight excluding hydrogens is 272 g/mol. The molecule has 0 spiro atoms. The van der Waals surface area contributed by atoms with Crippen LogP contribution in [0.15, 0.2) is 4.99 Å². The van der Waals surface area contributed by atoms with E-state index in [1.165, 1.54) is 16.7 Å². The smallest absolute Gasteiger partial charge is 0.337 e. The van der Waals surface area contributed by atoms with Crippen molar-refractivity contribution in [2.45, 2.75) is 31.7 Å². The summed E-state index contributed by atoms with van der Waals surface area (Å²) >= 11 is 1.18. The van der Waals surface area contributed by atoms with Crippen molar-refractivity contribution in [2.75, 3.05) is 18.8 Å². The van der Waals surface area contributed by atoms with Crippen LogP contribution in [0.2, 0.25) is 0 Å². The van der Waals surface area contributed by atoms with Crippen molar-refractivity contribution < 1.29 is 24.5 Å². The van der Waals surface area contributed by atoms with Crippen molar-refractivity contribution in [1.82, 2.24) is 4.90 Å². The molecule has 0 aromatic carbocycles. The summed E-state index contributed by atoms with van der Waals surface area (Å²) < 4.78 is 4.93. The molecule has 1 N–H and O–H groups in total. The fourth-order valence-corrected chi connectivity index (χ4v) is 2.52. The van der Waals surface area contributed by atoms with Gasteiger partial charge < -0.3 is 19.8 Å². The Labute approximate surface area is 115 Å². The highest BCUT2D eigenvalue weighted by atomic mass is 32.2. The van der Waals surface area contributed by atoms with Crippen LogP contribution < -0.4 is 5.11 Å². The summed E-state index contributed by atoms with van der Waals surface area (Å²) in [6.45, 7) is 5.04. The number of thioether (sulfide) groups is 1.